The summed E-state index contributed by atoms with van der Waals surface area (Å²) in [6.45, 7) is 0. The van der Waals surface area contributed by atoms with Crippen LogP contribution in [0.25, 0.3) is 0 Å². The Labute approximate surface area is 109 Å². The van der Waals surface area contributed by atoms with Crippen molar-refractivity contribution in [1.29, 1.82) is 0 Å². The van der Waals surface area contributed by atoms with Gasteiger partial charge < -0.3 is 16.1 Å². The first-order valence-corrected chi connectivity index (χ1v) is 6.48. The average Bonchev–Trinajstić information content (AvgIpc) is 1.12. The molecule has 0 aromatic carbocycles. The summed E-state index contributed by atoms with van der Waals surface area (Å²) in [4.78, 5) is 21.6. The molecule has 66 valence electrons. The SMILES string of the molecule is O=P(O)(O)O.[H-].[K+].[O]=[Mo](=[O])([OH])[OH]. The van der Waals surface area contributed by atoms with Crippen molar-refractivity contribution in [2.75, 3.05) is 0 Å². The van der Waals surface area contributed by atoms with Crippen LogP contribution < -0.4 is 51.4 Å². The first-order chi connectivity index (χ1) is 4.00. The molecule has 8 nitrogen and oxygen atoms in total. The summed E-state index contributed by atoms with van der Waals surface area (Å²) in [5.41, 5.74) is 0. The van der Waals surface area contributed by atoms with E-state index in [0.717, 1.165) is 0 Å². The van der Waals surface area contributed by atoms with Crippen LogP contribution in [0.3, 0.4) is 0 Å². The van der Waals surface area contributed by atoms with Crippen molar-refractivity contribution in [3.05, 3.63) is 0 Å². The molecule has 0 aliphatic rings. The molecular weight excluding hydrogens is 294 g/mol. The third kappa shape index (κ3) is 310. The standard InChI is InChI=1S/K.Mo.H3O4P.2H2O.2O.H/c;;1-5(2,3)4;;;;;/h;;(H3,1,2,3,4);2*1H2;;;/q+1;+2;;;;;;-1/p-2. The van der Waals surface area contributed by atoms with Crippen molar-refractivity contribution in [3.63, 3.8) is 0 Å². The van der Waals surface area contributed by atoms with Crippen LogP contribution in [0.15, 0.2) is 0 Å². The molecule has 0 saturated heterocycles. The van der Waals surface area contributed by atoms with E-state index in [1.807, 2.05) is 0 Å². The fourth-order valence-electron chi connectivity index (χ4n) is 0. The Morgan fingerprint density at radius 3 is 1.09 bits per heavy atom. The molecule has 0 aromatic rings. The Balaban J connectivity index is -0.0000000457. The molecule has 0 aromatic heterocycles. The maximum absolute atomic E-state index is 8.88. The van der Waals surface area contributed by atoms with E-state index in [1.54, 1.807) is 0 Å². The molecule has 0 radical (unpaired) electrons. The molecule has 0 amide bonds. The van der Waals surface area contributed by atoms with Crippen LogP contribution >= 0.6 is 7.82 Å². The molecule has 5 N–H and O–H groups in total. The molecule has 11 heteroatoms. The van der Waals surface area contributed by atoms with Gasteiger partial charge in [-0.25, -0.2) is 4.57 Å². The molecule has 0 rings (SSSR count). The summed E-state index contributed by atoms with van der Waals surface area (Å²) in [6, 6.07) is 0. The monoisotopic (exact) mass is 302 g/mol. The third-order valence-electron chi connectivity index (χ3n) is 0. The second-order valence-electron chi connectivity index (χ2n) is 0.961. The van der Waals surface area contributed by atoms with Crippen molar-refractivity contribution >= 4 is 7.82 Å². The van der Waals surface area contributed by atoms with Crippen molar-refractivity contribution < 1.29 is 103 Å². The molecule has 0 fully saturated rings. The Morgan fingerprint density at radius 1 is 1.09 bits per heavy atom. The third-order valence-corrected chi connectivity index (χ3v) is 0. The first kappa shape index (κ1) is 18.7. The number of hydrogen-bond donors (Lipinski definition) is 5. The van der Waals surface area contributed by atoms with Crippen molar-refractivity contribution in [2.45, 2.75) is 0 Å². The molecule has 0 aliphatic carbocycles. The maximum atomic E-state index is 8.88. The van der Waals surface area contributed by atoms with E-state index >= 15 is 0 Å². The number of rotatable bonds is 0. The van der Waals surface area contributed by atoms with Gasteiger partial charge in [0.25, 0.3) is 0 Å². The summed E-state index contributed by atoms with van der Waals surface area (Å²) in [5, 5.41) is 0. The van der Waals surface area contributed by atoms with E-state index in [1.165, 1.54) is 0 Å². The Bertz CT molecular complexity index is 197. The predicted molar refractivity (Wildman–Crippen MR) is 21.2 cm³/mol. The second kappa shape index (κ2) is 7.37. The molecule has 0 saturated carbocycles. The van der Waals surface area contributed by atoms with Crippen LogP contribution in [0, 0.1) is 0 Å². The quantitative estimate of drug-likeness (QED) is 0.220. The van der Waals surface area contributed by atoms with Crippen molar-refractivity contribution in [2.24, 2.45) is 0 Å². The summed E-state index contributed by atoms with van der Waals surface area (Å²) < 4.78 is 40.9. The van der Waals surface area contributed by atoms with E-state index in [9.17, 15) is 0 Å². The zero-order chi connectivity index (χ0) is 9.00. The van der Waals surface area contributed by atoms with Gasteiger partial charge in [0.05, 0.1) is 0 Å². The van der Waals surface area contributed by atoms with Crippen LogP contribution in [0.5, 0.6) is 0 Å². The second-order valence-corrected chi connectivity index (χ2v) is 4.19. The Hall–Kier alpha value is 1.95. The van der Waals surface area contributed by atoms with Crippen molar-refractivity contribution in [3.8, 4) is 0 Å². The zero-order valence-electron chi connectivity index (χ0n) is 6.32. The van der Waals surface area contributed by atoms with Gasteiger partial charge in [-0.1, -0.05) is 0 Å². The summed E-state index contributed by atoms with van der Waals surface area (Å²) in [5.74, 6) is 0. The fraction of sp³-hybridized carbons (Fsp3) is 0. The summed E-state index contributed by atoms with van der Waals surface area (Å²) in [7, 11) is -4.64. The van der Waals surface area contributed by atoms with Gasteiger partial charge in [-0.3, -0.25) is 0 Å². The first-order valence-electron chi connectivity index (χ1n) is 1.48. The minimum absolute atomic E-state index is 0. The average molecular weight is 300 g/mol. The molecule has 0 bridgehead atoms. The molecule has 0 aliphatic heterocycles. The van der Waals surface area contributed by atoms with Gasteiger partial charge in [0.2, 0.25) is 0 Å². The topological polar surface area (TPSA) is 152 Å². The van der Waals surface area contributed by atoms with Gasteiger partial charge in [-0.05, 0) is 0 Å². The van der Waals surface area contributed by atoms with Gasteiger partial charge >= 0.3 is 90.3 Å². The zero-order valence-corrected chi connectivity index (χ0v) is 11.3. The molecule has 11 heavy (non-hydrogen) atoms. The molecule has 0 spiro atoms. The van der Waals surface area contributed by atoms with E-state index in [2.05, 4.69) is 0 Å². The van der Waals surface area contributed by atoms with E-state index in [0.29, 0.717) is 0 Å². The minimum atomic E-state index is -5.52. The van der Waals surface area contributed by atoms with Gasteiger partial charge in [-0.15, -0.1) is 0 Å². The van der Waals surface area contributed by atoms with Crippen LogP contribution in [0.4, 0.5) is 0 Å². The van der Waals surface area contributed by atoms with Gasteiger partial charge in [0.1, 0.15) is 0 Å². The number of hydrogen-bond acceptors (Lipinski definition) is 3. The predicted octanol–water partition coefficient (Wildman–Crippen LogP) is -5.17. The molecular formula is H6KMoO8P. The summed E-state index contributed by atoms with van der Waals surface area (Å²) >= 11 is -5.52. The van der Waals surface area contributed by atoms with Crippen LogP contribution in [0.1, 0.15) is 1.43 Å². The Morgan fingerprint density at radius 2 is 1.09 bits per heavy atom. The molecule has 0 unspecified atom stereocenters. The molecule has 0 heterocycles. The van der Waals surface area contributed by atoms with Gasteiger partial charge in [-0.2, -0.15) is 0 Å². The van der Waals surface area contributed by atoms with Gasteiger partial charge in [0.15, 0.2) is 0 Å². The van der Waals surface area contributed by atoms with E-state index < -0.39 is 24.6 Å². The summed E-state index contributed by atoms with van der Waals surface area (Å²) in [6.07, 6.45) is 0. The van der Waals surface area contributed by atoms with Gasteiger partial charge in [0, 0.05) is 0 Å². The van der Waals surface area contributed by atoms with Crippen LogP contribution in [-0.4, -0.2) is 22.2 Å². The van der Waals surface area contributed by atoms with Crippen LogP contribution in [0.2, 0.25) is 0 Å². The van der Waals surface area contributed by atoms with E-state index in [-0.39, 0.29) is 52.8 Å². The molecule has 0 atom stereocenters. The Kier molecular flexibility index (Phi) is 12.5. The fourth-order valence-corrected chi connectivity index (χ4v) is 0. The normalized spacial score (nSPS) is 10.6. The van der Waals surface area contributed by atoms with E-state index in [4.69, 9.17) is 33.6 Å². The van der Waals surface area contributed by atoms with Crippen LogP contribution in [-0.2, 0) is 28.1 Å². The number of phosphoric acid groups is 1. The van der Waals surface area contributed by atoms with Crippen molar-refractivity contribution in [1.82, 2.24) is 0 Å².